The number of carbonyl (C=O) groups excluding carboxylic acids is 2. The van der Waals surface area contributed by atoms with E-state index in [0.717, 1.165) is 24.3 Å². The van der Waals surface area contributed by atoms with Crippen molar-refractivity contribution in [2.75, 3.05) is 11.9 Å². The molecule has 4 bridgehead atoms. The van der Waals surface area contributed by atoms with E-state index in [1.54, 1.807) is 24.3 Å². The van der Waals surface area contributed by atoms with E-state index in [-0.39, 0.29) is 11.9 Å². The van der Waals surface area contributed by atoms with Gasteiger partial charge in [-0.1, -0.05) is 0 Å². The van der Waals surface area contributed by atoms with Gasteiger partial charge in [-0.2, -0.15) is 0 Å². The number of nitrogens with two attached hydrogens (primary N) is 2. The predicted molar refractivity (Wildman–Crippen MR) is 100 cm³/mol. The molecule has 2 amide bonds. The highest BCUT2D eigenvalue weighted by atomic mass is 16.2. The van der Waals surface area contributed by atoms with Gasteiger partial charge in [0.25, 0.3) is 5.91 Å². The molecule has 26 heavy (non-hydrogen) atoms. The van der Waals surface area contributed by atoms with Crippen molar-refractivity contribution in [1.29, 1.82) is 0 Å². The third-order valence-corrected chi connectivity index (χ3v) is 6.92. The van der Waals surface area contributed by atoms with E-state index in [0.29, 0.717) is 16.7 Å². The zero-order chi connectivity index (χ0) is 18.3. The fraction of sp³-hybridized carbons (Fsp3) is 0.619. The lowest BCUT2D eigenvalue weighted by molar-refractivity contribution is -0.686. The van der Waals surface area contributed by atoms with E-state index in [1.165, 1.54) is 38.5 Å². The first-order valence-corrected chi connectivity index (χ1v) is 9.96. The maximum Gasteiger partial charge on any atom is 0.282 e. The van der Waals surface area contributed by atoms with Crippen LogP contribution in [-0.2, 0) is 4.79 Å². The van der Waals surface area contributed by atoms with Crippen LogP contribution >= 0.6 is 0 Å². The summed E-state index contributed by atoms with van der Waals surface area (Å²) in [5.41, 5.74) is 6.88. The molecule has 0 saturated heterocycles. The van der Waals surface area contributed by atoms with Crippen molar-refractivity contribution < 1.29 is 14.9 Å². The lowest BCUT2D eigenvalue weighted by atomic mass is 9.49. The van der Waals surface area contributed by atoms with Crippen LogP contribution in [-0.4, -0.2) is 24.4 Å². The molecular weight excluding hydrogens is 326 g/mol. The zero-order valence-corrected chi connectivity index (χ0v) is 15.5. The third-order valence-electron chi connectivity index (χ3n) is 6.92. The molecule has 0 aliphatic heterocycles. The highest BCUT2D eigenvalue weighted by Gasteiger charge is 2.51. The summed E-state index contributed by atoms with van der Waals surface area (Å²) in [5, 5.41) is 5.18. The van der Waals surface area contributed by atoms with Crippen molar-refractivity contribution in [3.63, 3.8) is 0 Å². The second-order valence-electron chi connectivity index (χ2n) is 9.08. The first kappa shape index (κ1) is 17.5. The lowest BCUT2D eigenvalue weighted by Gasteiger charge is -2.56. The number of quaternary nitrogens is 1. The summed E-state index contributed by atoms with van der Waals surface area (Å²) in [6, 6.07) is 6.62. The summed E-state index contributed by atoms with van der Waals surface area (Å²) in [6.07, 6.45) is 8.49. The van der Waals surface area contributed by atoms with Gasteiger partial charge in [0.05, 0.1) is 6.54 Å². The van der Waals surface area contributed by atoms with Gasteiger partial charge in [-0.05, 0) is 87.5 Å². The maximum absolute atomic E-state index is 12.5. The SMILES string of the molecule is C[C@@H]([NH2+]CC12CC3CC(CC(C3)C1)C2)C(=O)Nc1ccc(C(N)=O)cc1. The van der Waals surface area contributed by atoms with Gasteiger partial charge in [0.15, 0.2) is 6.04 Å². The number of hydrogen-bond acceptors (Lipinski definition) is 2. The monoisotopic (exact) mass is 356 g/mol. The number of carbonyl (C=O) groups is 2. The van der Waals surface area contributed by atoms with Crippen molar-refractivity contribution in [3.05, 3.63) is 29.8 Å². The Hall–Kier alpha value is -1.88. The van der Waals surface area contributed by atoms with Crippen LogP contribution < -0.4 is 16.4 Å². The highest BCUT2D eigenvalue weighted by molar-refractivity contribution is 5.95. The molecule has 4 fully saturated rings. The Kier molecular flexibility index (Phi) is 4.51. The molecule has 5 N–H and O–H groups in total. The Labute approximate surface area is 155 Å². The Morgan fingerprint density at radius 2 is 1.65 bits per heavy atom. The van der Waals surface area contributed by atoms with Gasteiger partial charge in [-0.15, -0.1) is 0 Å². The minimum atomic E-state index is -0.458. The molecule has 5 heteroatoms. The maximum atomic E-state index is 12.5. The Morgan fingerprint density at radius 1 is 1.12 bits per heavy atom. The molecule has 1 atom stereocenters. The van der Waals surface area contributed by atoms with E-state index in [9.17, 15) is 9.59 Å². The standard InChI is InChI=1S/C21H29N3O2/c1-13(20(26)24-18-4-2-17(3-5-18)19(22)25)23-12-21-9-14-6-15(10-21)8-16(7-14)11-21/h2-5,13-16,23H,6-12H2,1H3,(H2,22,25)(H,24,26)/p+1/t13-,14?,15?,16?,21?/m1/s1. The molecule has 1 aromatic rings. The van der Waals surface area contributed by atoms with Crippen LogP contribution in [0.4, 0.5) is 5.69 Å². The van der Waals surface area contributed by atoms with Crippen LogP contribution in [0.1, 0.15) is 55.8 Å². The molecule has 1 aromatic carbocycles. The second-order valence-corrected chi connectivity index (χ2v) is 9.08. The van der Waals surface area contributed by atoms with Crippen LogP contribution in [0, 0.1) is 23.2 Å². The van der Waals surface area contributed by atoms with Crippen LogP contribution in [0.2, 0.25) is 0 Å². The molecule has 4 saturated carbocycles. The summed E-state index contributed by atoms with van der Waals surface area (Å²) in [6.45, 7) is 3.05. The first-order valence-electron chi connectivity index (χ1n) is 9.96. The van der Waals surface area contributed by atoms with E-state index < -0.39 is 5.91 Å². The van der Waals surface area contributed by atoms with Gasteiger partial charge < -0.3 is 16.4 Å². The predicted octanol–water partition coefficient (Wildman–Crippen LogP) is 1.89. The number of primary amides is 1. The molecule has 4 aliphatic carbocycles. The number of benzene rings is 1. The summed E-state index contributed by atoms with van der Waals surface area (Å²) in [5.74, 6) is 2.40. The highest BCUT2D eigenvalue weighted by Crippen LogP contribution is 2.59. The smallest absolute Gasteiger partial charge is 0.282 e. The molecule has 140 valence electrons. The summed E-state index contributed by atoms with van der Waals surface area (Å²) in [7, 11) is 0. The Balaban J connectivity index is 1.31. The quantitative estimate of drug-likeness (QED) is 0.727. The summed E-state index contributed by atoms with van der Waals surface area (Å²) >= 11 is 0. The molecule has 0 aromatic heterocycles. The van der Waals surface area contributed by atoms with E-state index in [4.69, 9.17) is 5.73 Å². The minimum absolute atomic E-state index is 0.0153. The van der Waals surface area contributed by atoms with Gasteiger partial charge in [0, 0.05) is 16.7 Å². The number of amides is 2. The van der Waals surface area contributed by atoms with Crippen molar-refractivity contribution in [3.8, 4) is 0 Å². The van der Waals surface area contributed by atoms with E-state index in [1.807, 2.05) is 6.92 Å². The van der Waals surface area contributed by atoms with Crippen molar-refractivity contribution in [2.24, 2.45) is 28.9 Å². The Morgan fingerprint density at radius 3 is 2.15 bits per heavy atom. The van der Waals surface area contributed by atoms with Crippen molar-refractivity contribution >= 4 is 17.5 Å². The van der Waals surface area contributed by atoms with E-state index in [2.05, 4.69) is 10.6 Å². The largest absolute Gasteiger partial charge is 0.366 e. The van der Waals surface area contributed by atoms with Gasteiger partial charge in [-0.3, -0.25) is 9.59 Å². The first-order chi connectivity index (χ1) is 12.4. The van der Waals surface area contributed by atoms with Crippen LogP contribution in [0.25, 0.3) is 0 Å². The molecule has 0 heterocycles. The number of anilines is 1. The molecule has 0 unspecified atom stereocenters. The van der Waals surface area contributed by atoms with Crippen LogP contribution in [0.3, 0.4) is 0 Å². The average Bonchev–Trinajstić information content (AvgIpc) is 2.59. The molecule has 4 aliphatic rings. The molecular formula is C21H30N3O2+. The van der Waals surface area contributed by atoms with Crippen LogP contribution in [0.5, 0.6) is 0 Å². The third kappa shape index (κ3) is 3.50. The summed E-state index contributed by atoms with van der Waals surface area (Å²) < 4.78 is 0. The van der Waals surface area contributed by atoms with Gasteiger partial charge in [0.2, 0.25) is 5.91 Å². The molecule has 0 radical (unpaired) electrons. The normalized spacial score (nSPS) is 33.0. The zero-order valence-electron chi connectivity index (χ0n) is 15.5. The van der Waals surface area contributed by atoms with Crippen molar-refractivity contribution in [1.82, 2.24) is 0 Å². The fourth-order valence-corrected chi connectivity index (χ4v) is 6.05. The number of rotatable bonds is 6. The lowest BCUT2D eigenvalue weighted by Crippen LogP contribution is -2.94. The fourth-order valence-electron chi connectivity index (χ4n) is 6.05. The molecule has 0 spiro atoms. The number of hydrogen-bond donors (Lipinski definition) is 3. The van der Waals surface area contributed by atoms with E-state index >= 15 is 0 Å². The van der Waals surface area contributed by atoms with Gasteiger partial charge in [0.1, 0.15) is 0 Å². The average molecular weight is 356 g/mol. The molecule has 5 rings (SSSR count). The van der Waals surface area contributed by atoms with Crippen molar-refractivity contribution in [2.45, 2.75) is 51.5 Å². The van der Waals surface area contributed by atoms with Gasteiger partial charge in [-0.25, -0.2) is 0 Å². The second kappa shape index (κ2) is 6.69. The van der Waals surface area contributed by atoms with Gasteiger partial charge >= 0.3 is 0 Å². The van der Waals surface area contributed by atoms with Crippen LogP contribution in [0.15, 0.2) is 24.3 Å². The topological polar surface area (TPSA) is 88.8 Å². The number of nitrogens with one attached hydrogen (secondary N) is 1. The summed E-state index contributed by atoms with van der Waals surface area (Å²) in [4.78, 5) is 23.6. The Bertz CT molecular complexity index is 662. The molecule has 5 nitrogen and oxygen atoms in total. The minimum Gasteiger partial charge on any atom is -0.366 e.